The molecular formula is C21H29NO3. The average Bonchev–Trinajstić information content (AvgIpc) is 2.64. The molecule has 1 amide bonds. The molecule has 0 N–H and O–H groups in total. The first kappa shape index (κ1) is 19.1. The Bertz CT molecular complexity index is 651. The molecule has 0 aromatic heterocycles. The molecule has 1 aromatic rings. The molecule has 1 saturated heterocycles. The van der Waals surface area contributed by atoms with E-state index in [9.17, 15) is 4.79 Å². The van der Waals surface area contributed by atoms with Gasteiger partial charge >= 0.3 is 0 Å². The topological polar surface area (TPSA) is 38.8 Å². The molecule has 2 rings (SSSR count). The van der Waals surface area contributed by atoms with E-state index < -0.39 is 0 Å². The molecule has 1 aliphatic rings. The van der Waals surface area contributed by atoms with Gasteiger partial charge in [0, 0.05) is 30.3 Å². The predicted octanol–water partition coefficient (Wildman–Crippen LogP) is 4.24. The lowest BCUT2D eigenvalue weighted by atomic mass is 10.0. The highest BCUT2D eigenvalue weighted by Crippen LogP contribution is 2.34. The fourth-order valence-electron chi connectivity index (χ4n) is 3.07. The van der Waals surface area contributed by atoms with Crippen LogP contribution in [0.5, 0.6) is 11.5 Å². The van der Waals surface area contributed by atoms with Crippen LogP contribution in [0.2, 0.25) is 0 Å². The number of allylic oxidation sites excluding steroid dienone is 2. The number of carbonyl (C=O) groups is 1. The maximum atomic E-state index is 12.4. The number of hydrogen-bond acceptors (Lipinski definition) is 3. The number of benzene rings is 1. The van der Waals surface area contributed by atoms with E-state index in [1.165, 1.54) is 12.0 Å². The van der Waals surface area contributed by atoms with Gasteiger partial charge in [-0.25, -0.2) is 0 Å². The van der Waals surface area contributed by atoms with Gasteiger partial charge in [0.1, 0.15) is 11.5 Å². The Morgan fingerprint density at radius 2 is 1.84 bits per heavy atom. The Labute approximate surface area is 151 Å². The van der Waals surface area contributed by atoms with E-state index in [1.54, 1.807) is 20.3 Å². The molecule has 4 heteroatoms. The van der Waals surface area contributed by atoms with Crippen LogP contribution in [0.4, 0.5) is 0 Å². The summed E-state index contributed by atoms with van der Waals surface area (Å²) < 4.78 is 11.1. The van der Waals surface area contributed by atoms with Gasteiger partial charge in [-0.15, -0.1) is 0 Å². The first-order valence-electron chi connectivity index (χ1n) is 8.91. The summed E-state index contributed by atoms with van der Waals surface area (Å²) in [5.74, 6) is 1.64. The highest BCUT2D eigenvalue weighted by molar-refractivity contribution is 5.92. The second-order valence-electron chi connectivity index (χ2n) is 6.57. The van der Waals surface area contributed by atoms with Crippen molar-refractivity contribution in [2.75, 3.05) is 27.3 Å². The first-order valence-corrected chi connectivity index (χ1v) is 8.91. The molecule has 25 heavy (non-hydrogen) atoms. The molecule has 1 aliphatic heterocycles. The van der Waals surface area contributed by atoms with Crippen molar-refractivity contribution >= 4 is 12.0 Å². The van der Waals surface area contributed by atoms with Crippen molar-refractivity contribution in [3.63, 3.8) is 0 Å². The molecule has 4 nitrogen and oxygen atoms in total. The summed E-state index contributed by atoms with van der Waals surface area (Å²) in [6, 6.07) is 3.87. The fourth-order valence-corrected chi connectivity index (χ4v) is 3.07. The van der Waals surface area contributed by atoms with Crippen molar-refractivity contribution in [3.05, 3.63) is 41.0 Å². The smallest absolute Gasteiger partial charge is 0.246 e. The van der Waals surface area contributed by atoms with Crippen molar-refractivity contribution < 1.29 is 14.3 Å². The first-order chi connectivity index (χ1) is 12.1. The molecule has 0 bridgehead atoms. The number of ether oxygens (including phenoxy) is 2. The van der Waals surface area contributed by atoms with Gasteiger partial charge in [0.2, 0.25) is 5.91 Å². The van der Waals surface area contributed by atoms with Gasteiger partial charge in [0.25, 0.3) is 0 Å². The SMILES string of the molecule is COc1ccc(C=CC(=O)N2CCCCC2)c(OC)c1CC=C(C)C. The van der Waals surface area contributed by atoms with Crippen LogP contribution in [0, 0.1) is 0 Å². The number of rotatable bonds is 6. The van der Waals surface area contributed by atoms with Gasteiger partial charge in [0.15, 0.2) is 0 Å². The van der Waals surface area contributed by atoms with Crippen molar-refractivity contribution in [2.24, 2.45) is 0 Å². The van der Waals surface area contributed by atoms with E-state index >= 15 is 0 Å². The second-order valence-corrected chi connectivity index (χ2v) is 6.57. The fraction of sp³-hybridized carbons (Fsp3) is 0.476. The van der Waals surface area contributed by atoms with Crippen LogP contribution in [0.25, 0.3) is 6.08 Å². The van der Waals surface area contributed by atoms with Crippen LogP contribution in [0.15, 0.2) is 29.9 Å². The minimum absolute atomic E-state index is 0.0726. The van der Waals surface area contributed by atoms with Gasteiger partial charge in [-0.1, -0.05) is 11.6 Å². The van der Waals surface area contributed by atoms with Gasteiger partial charge in [-0.05, 0) is 57.7 Å². The maximum absolute atomic E-state index is 12.4. The normalized spacial score (nSPS) is 14.5. The third kappa shape index (κ3) is 5.12. The quantitative estimate of drug-likeness (QED) is 0.573. The van der Waals surface area contributed by atoms with Gasteiger partial charge in [-0.3, -0.25) is 4.79 Å². The van der Waals surface area contributed by atoms with Gasteiger partial charge in [0.05, 0.1) is 14.2 Å². The zero-order chi connectivity index (χ0) is 18.2. The zero-order valence-corrected chi connectivity index (χ0v) is 15.8. The Kier molecular flexibility index (Phi) is 7.11. The Morgan fingerprint density at radius 3 is 2.44 bits per heavy atom. The van der Waals surface area contributed by atoms with Crippen molar-refractivity contribution in [2.45, 2.75) is 39.5 Å². The van der Waals surface area contributed by atoms with Crippen molar-refractivity contribution in [3.8, 4) is 11.5 Å². The number of nitrogens with zero attached hydrogens (tertiary/aromatic N) is 1. The summed E-state index contributed by atoms with van der Waals surface area (Å²) >= 11 is 0. The molecule has 0 spiro atoms. The molecule has 0 atom stereocenters. The summed E-state index contributed by atoms with van der Waals surface area (Å²) in [6.07, 6.45) is 9.79. The molecule has 1 fully saturated rings. The molecule has 0 radical (unpaired) electrons. The van der Waals surface area contributed by atoms with Crippen LogP contribution in [0.3, 0.4) is 0 Å². The van der Waals surface area contributed by atoms with E-state index in [-0.39, 0.29) is 5.91 Å². The van der Waals surface area contributed by atoms with E-state index in [0.717, 1.165) is 55.0 Å². The summed E-state index contributed by atoms with van der Waals surface area (Å²) in [5, 5.41) is 0. The lowest BCUT2D eigenvalue weighted by Gasteiger charge is -2.25. The summed E-state index contributed by atoms with van der Waals surface area (Å²) in [6.45, 7) is 5.85. The monoisotopic (exact) mass is 343 g/mol. The van der Waals surface area contributed by atoms with Crippen molar-refractivity contribution in [1.29, 1.82) is 0 Å². The molecule has 0 unspecified atom stereocenters. The number of methoxy groups -OCH3 is 2. The number of amides is 1. The van der Waals surface area contributed by atoms with Gasteiger partial charge in [-0.2, -0.15) is 0 Å². The van der Waals surface area contributed by atoms with Crippen molar-refractivity contribution in [1.82, 2.24) is 4.90 Å². The number of piperidine rings is 1. The van der Waals surface area contributed by atoms with Crippen LogP contribution in [-0.2, 0) is 11.2 Å². The van der Waals surface area contributed by atoms with Crippen LogP contribution >= 0.6 is 0 Å². The number of hydrogen-bond donors (Lipinski definition) is 0. The highest BCUT2D eigenvalue weighted by Gasteiger charge is 2.15. The average molecular weight is 343 g/mol. The zero-order valence-electron chi connectivity index (χ0n) is 15.8. The molecule has 136 valence electrons. The lowest BCUT2D eigenvalue weighted by Crippen LogP contribution is -2.34. The predicted molar refractivity (Wildman–Crippen MR) is 102 cm³/mol. The largest absolute Gasteiger partial charge is 0.496 e. The van der Waals surface area contributed by atoms with Crippen LogP contribution in [-0.4, -0.2) is 38.1 Å². The highest BCUT2D eigenvalue weighted by atomic mass is 16.5. The number of carbonyl (C=O) groups excluding carboxylic acids is 1. The van der Waals surface area contributed by atoms with E-state index in [4.69, 9.17) is 9.47 Å². The third-order valence-corrected chi connectivity index (χ3v) is 4.46. The van der Waals surface area contributed by atoms with E-state index in [1.807, 2.05) is 23.1 Å². The summed E-state index contributed by atoms with van der Waals surface area (Å²) in [5.41, 5.74) is 3.13. The van der Waals surface area contributed by atoms with E-state index in [0.29, 0.717) is 0 Å². The van der Waals surface area contributed by atoms with Crippen LogP contribution in [0.1, 0.15) is 44.2 Å². The number of likely N-dealkylation sites (tertiary alicyclic amines) is 1. The molecule has 0 saturated carbocycles. The molecule has 1 heterocycles. The third-order valence-electron chi connectivity index (χ3n) is 4.46. The maximum Gasteiger partial charge on any atom is 0.246 e. The summed E-state index contributed by atoms with van der Waals surface area (Å²) in [7, 11) is 3.32. The minimum Gasteiger partial charge on any atom is -0.496 e. The minimum atomic E-state index is 0.0726. The lowest BCUT2D eigenvalue weighted by molar-refractivity contribution is -0.126. The summed E-state index contributed by atoms with van der Waals surface area (Å²) in [4.78, 5) is 14.3. The Hall–Kier alpha value is -2.23. The Balaban J connectivity index is 2.27. The van der Waals surface area contributed by atoms with E-state index in [2.05, 4.69) is 19.9 Å². The van der Waals surface area contributed by atoms with Crippen LogP contribution < -0.4 is 9.47 Å². The molecular weight excluding hydrogens is 314 g/mol. The second kappa shape index (κ2) is 9.30. The Morgan fingerprint density at radius 1 is 1.12 bits per heavy atom. The molecule has 1 aromatic carbocycles. The van der Waals surface area contributed by atoms with Gasteiger partial charge < -0.3 is 14.4 Å². The molecule has 0 aliphatic carbocycles. The standard InChI is InChI=1S/C21H29NO3/c1-16(2)8-11-18-19(24-3)12-9-17(21(18)25-4)10-13-20(23)22-14-6-5-7-15-22/h8-10,12-13H,5-7,11,14-15H2,1-4H3.